The van der Waals surface area contributed by atoms with Crippen LogP contribution in [0.4, 0.5) is 0 Å². The van der Waals surface area contributed by atoms with Crippen molar-refractivity contribution in [3.05, 3.63) is 0 Å². The van der Waals surface area contributed by atoms with Gasteiger partial charge in [-0.1, -0.05) is 6.92 Å². The summed E-state index contributed by atoms with van der Waals surface area (Å²) in [4.78, 5) is 21.0. The zero-order chi connectivity index (χ0) is 8.43. The lowest BCUT2D eigenvalue weighted by Gasteiger charge is -2.35. The average molecular weight is 157 g/mol. The second-order valence-corrected chi connectivity index (χ2v) is 2.73. The molecule has 0 aromatic rings. The molecule has 0 bridgehead atoms. The van der Waals surface area contributed by atoms with Crippen LogP contribution in [0.25, 0.3) is 0 Å². The van der Waals surface area contributed by atoms with Gasteiger partial charge in [0.05, 0.1) is 18.4 Å². The largest absolute Gasteiger partial charge is 0.481 e. The van der Waals surface area contributed by atoms with E-state index < -0.39 is 5.97 Å². The van der Waals surface area contributed by atoms with Gasteiger partial charge in [-0.15, -0.1) is 0 Å². The number of carboxylic acid groups (broad SMARTS) is 1. The van der Waals surface area contributed by atoms with Crippen LogP contribution < -0.4 is 5.32 Å². The minimum atomic E-state index is -0.853. The van der Waals surface area contributed by atoms with E-state index in [1.54, 1.807) is 0 Å². The van der Waals surface area contributed by atoms with E-state index in [9.17, 15) is 9.59 Å². The normalized spacial score (nSPS) is 29.0. The molecule has 2 atom stereocenters. The third-order valence-corrected chi connectivity index (χ3v) is 1.98. The molecule has 0 aromatic heterocycles. The molecule has 0 radical (unpaired) electrons. The zero-order valence-corrected chi connectivity index (χ0v) is 6.33. The third kappa shape index (κ3) is 1.50. The molecule has 0 aromatic carbocycles. The predicted octanol–water partition coefficient (Wildman–Crippen LogP) is -0.0143. The predicted molar refractivity (Wildman–Crippen MR) is 38.0 cm³/mol. The van der Waals surface area contributed by atoms with Gasteiger partial charge in [0.25, 0.3) is 0 Å². The van der Waals surface area contributed by atoms with Crippen LogP contribution in [-0.2, 0) is 9.59 Å². The highest BCUT2D eigenvalue weighted by Crippen LogP contribution is 2.20. The van der Waals surface area contributed by atoms with E-state index in [0.717, 1.165) is 6.42 Å². The molecule has 0 spiro atoms. The van der Waals surface area contributed by atoms with Crippen LogP contribution in [0, 0.1) is 5.92 Å². The van der Waals surface area contributed by atoms with Gasteiger partial charge in [-0.2, -0.15) is 0 Å². The van der Waals surface area contributed by atoms with E-state index >= 15 is 0 Å². The van der Waals surface area contributed by atoms with Crippen LogP contribution in [0.5, 0.6) is 0 Å². The van der Waals surface area contributed by atoms with Gasteiger partial charge in [0, 0.05) is 0 Å². The summed E-state index contributed by atoms with van der Waals surface area (Å²) in [5.41, 5.74) is 0. The molecule has 62 valence electrons. The van der Waals surface area contributed by atoms with Crippen molar-refractivity contribution in [1.82, 2.24) is 5.32 Å². The summed E-state index contributed by atoms with van der Waals surface area (Å²) in [5.74, 6) is -0.946. The first-order valence-corrected chi connectivity index (χ1v) is 3.67. The minimum absolute atomic E-state index is 0.0150. The molecule has 0 unspecified atom stereocenters. The number of carbonyl (C=O) groups is 2. The Balaban J connectivity index is 2.38. The summed E-state index contributed by atoms with van der Waals surface area (Å²) in [5, 5.41) is 11.0. The van der Waals surface area contributed by atoms with Gasteiger partial charge >= 0.3 is 5.97 Å². The molecule has 4 nitrogen and oxygen atoms in total. The molecule has 1 fully saturated rings. The Hall–Kier alpha value is -1.06. The number of rotatable bonds is 3. The topological polar surface area (TPSA) is 66.4 Å². The van der Waals surface area contributed by atoms with Crippen molar-refractivity contribution < 1.29 is 14.7 Å². The Bertz CT molecular complexity index is 190. The summed E-state index contributed by atoms with van der Waals surface area (Å²) in [7, 11) is 0. The number of hydrogen-bond donors (Lipinski definition) is 2. The van der Waals surface area contributed by atoms with Crippen LogP contribution in [0.15, 0.2) is 0 Å². The fourth-order valence-electron chi connectivity index (χ4n) is 1.33. The van der Waals surface area contributed by atoms with E-state index in [4.69, 9.17) is 5.11 Å². The SMILES string of the molecule is CC[C@@H]1C(=O)N[C@H]1CC(=O)O. The summed E-state index contributed by atoms with van der Waals surface area (Å²) in [6.45, 7) is 1.89. The number of carbonyl (C=O) groups excluding carboxylic acids is 1. The first kappa shape index (κ1) is 8.04. The van der Waals surface area contributed by atoms with Gasteiger partial charge in [0.2, 0.25) is 5.91 Å². The third-order valence-electron chi connectivity index (χ3n) is 1.98. The smallest absolute Gasteiger partial charge is 0.305 e. The van der Waals surface area contributed by atoms with Crippen molar-refractivity contribution in [3.63, 3.8) is 0 Å². The fourth-order valence-corrected chi connectivity index (χ4v) is 1.33. The van der Waals surface area contributed by atoms with E-state index in [1.807, 2.05) is 6.92 Å². The maximum atomic E-state index is 10.7. The molecule has 1 saturated heterocycles. The standard InChI is InChI=1S/C7H11NO3/c1-2-4-5(3-6(9)10)8-7(4)11/h4-5H,2-3H2,1H3,(H,8,11)(H,9,10)/t4-,5-/m0/s1. The molecular formula is C7H11NO3. The van der Waals surface area contributed by atoms with Crippen molar-refractivity contribution in [2.24, 2.45) is 5.92 Å². The lowest BCUT2D eigenvalue weighted by atomic mass is 9.86. The second kappa shape index (κ2) is 2.90. The monoisotopic (exact) mass is 157 g/mol. The highest BCUT2D eigenvalue weighted by Gasteiger charge is 2.38. The highest BCUT2D eigenvalue weighted by molar-refractivity contribution is 5.87. The molecule has 2 N–H and O–H groups in total. The van der Waals surface area contributed by atoms with Crippen LogP contribution in [0.3, 0.4) is 0 Å². The number of nitrogens with one attached hydrogen (secondary N) is 1. The quantitative estimate of drug-likeness (QED) is 0.566. The van der Waals surface area contributed by atoms with Crippen molar-refractivity contribution in [3.8, 4) is 0 Å². The van der Waals surface area contributed by atoms with E-state index in [1.165, 1.54) is 0 Å². The molecule has 0 saturated carbocycles. The Morgan fingerprint density at radius 3 is 2.73 bits per heavy atom. The van der Waals surface area contributed by atoms with E-state index in [2.05, 4.69) is 5.32 Å². The fraction of sp³-hybridized carbons (Fsp3) is 0.714. The molecular weight excluding hydrogens is 146 g/mol. The van der Waals surface area contributed by atoms with Gasteiger partial charge in [-0.25, -0.2) is 0 Å². The number of hydrogen-bond acceptors (Lipinski definition) is 2. The van der Waals surface area contributed by atoms with E-state index in [0.29, 0.717) is 0 Å². The van der Waals surface area contributed by atoms with Crippen LogP contribution >= 0.6 is 0 Å². The molecule has 1 heterocycles. The van der Waals surface area contributed by atoms with Crippen molar-refractivity contribution >= 4 is 11.9 Å². The highest BCUT2D eigenvalue weighted by atomic mass is 16.4. The first-order valence-electron chi connectivity index (χ1n) is 3.67. The molecule has 4 heteroatoms. The molecule has 1 aliphatic heterocycles. The van der Waals surface area contributed by atoms with E-state index in [-0.39, 0.29) is 24.3 Å². The Morgan fingerprint density at radius 1 is 1.73 bits per heavy atom. The Labute approximate surface area is 64.6 Å². The van der Waals surface area contributed by atoms with Gasteiger partial charge in [-0.05, 0) is 6.42 Å². The lowest BCUT2D eigenvalue weighted by molar-refractivity contribution is -0.142. The molecule has 1 rings (SSSR count). The summed E-state index contributed by atoms with van der Waals surface area (Å²) < 4.78 is 0. The van der Waals surface area contributed by atoms with Crippen LogP contribution in [-0.4, -0.2) is 23.0 Å². The number of amides is 1. The van der Waals surface area contributed by atoms with Crippen molar-refractivity contribution in [1.29, 1.82) is 0 Å². The summed E-state index contributed by atoms with van der Waals surface area (Å²) >= 11 is 0. The molecule has 11 heavy (non-hydrogen) atoms. The van der Waals surface area contributed by atoms with Crippen LogP contribution in [0.1, 0.15) is 19.8 Å². The Morgan fingerprint density at radius 2 is 2.36 bits per heavy atom. The number of aliphatic carboxylic acids is 1. The summed E-state index contributed by atoms with van der Waals surface area (Å²) in [6.07, 6.45) is 0.772. The van der Waals surface area contributed by atoms with Crippen molar-refractivity contribution in [2.45, 2.75) is 25.8 Å². The molecule has 1 aliphatic rings. The van der Waals surface area contributed by atoms with Gasteiger partial charge in [-0.3, -0.25) is 9.59 Å². The molecule has 1 amide bonds. The lowest BCUT2D eigenvalue weighted by Crippen LogP contribution is -2.58. The van der Waals surface area contributed by atoms with Gasteiger partial charge in [0.1, 0.15) is 0 Å². The minimum Gasteiger partial charge on any atom is -0.481 e. The zero-order valence-electron chi connectivity index (χ0n) is 6.33. The Kier molecular flexibility index (Phi) is 2.12. The summed E-state index contributed by atoms with van der Waals surface area (Å²) in [6, 6.07) is -0.134. The first-order chi connectivity index (χ1) is 5.15. The maximum absolute atomic E-state index is 10.7. The second-order valence-electron chi connectivity index (χ2n) is 2.73. The number of carboxylic acids is 1. The van der Waals surface area contributed by atoms with Gasteiger partial charge < -0.3 is 10.4 Å². The van der Waals surface area contributed by atoms with Crippen LogP contribution in [0.2, 0.25) is 0 Å². The van der Waals surface area contributed by atoms with Crippen molar-refractivity contribution in [2.75, 3.05) is 0 Å². The van der Waals surface area contributed by atoms with Gasteiger partial charge in [0.15, 0.2) is 0 Å². The maximum Gasteiger partial charge on any atom is 0.305 e. The molecule has 0 aliphatic carbocycles. The number of β-lactam (4-membered cyclic amide) rings is 1. The average Bonchev–Trinajstić information content (AvgIpc) is 1.86.